The number of rotatable bonds is 5. The molecule has 0 saturated heterocycles. The van der Waals surface area contributed by atoms with E-state index in [1.165, 1.54) is 5.69 Å². The summed E-state index contributed by atoms with van der Waals surface area (Å²) in [5, 5.41) is 4.32. The minimum absolute atomic E-state index is 0.513. The Kier molecular flexibility index (Phi) is 4.62. The molecule has 0 saturated carbocycles. The van der Waals surface area contributed by atoms with Gasteiger partial charge in [-0.25, -0.2) is 0 Å². The summed E-state index contributed by atoms with van der Waals surface area (Å²) in [6.07, 6.45) is 3.98. The average Bonchev–Trinajstić information content (AvgIpc) is 2.50. The molecule has 1 rings (SSSR count). The maximum absolute atomic E-state index is 5.62. The SMILES string of the molecule is CCCn1ncc(Br)c1CC(C)CN. The third kappa shape index (κ3) is 2.82. The van der Waals surface area contributed by atoms with Crippen LogP contribution in [-0.4, -0.2) is 16.3 Å². The van der Waals surface area contributed by atoms with E-state index in [1.807, 2.05) is 6.20 Å². The Hall–Kier alpha value is -0.350. The second kappa shape index (κ2) is 5.51. The van der Waals surface area contributed by atoms with Crippen molar-refractivity contribution in [1.29, 1.82) is 0 Å². The molecule has 0 fully saturated rings. The number of aryl methyl sites for hydroxylation is 1. The Labute approximate surface area is 93.8 Å². The molecule has 14 heavy (non-hydrogen) atoms. The molecule has 1 unspecified atom stereocenters. The molecule has 0 radical (unpaired) electrons. The summed E-state index contributed by atoms with van der Waals surface area (Å²) >= 11 is 3.52. The normalized spacial score (nSPS) is 13.1. The maximum atomic E-state index is 5.62. The van der Waals surface area contributed by atoms with Crippen LogP contribution in [0.25, 0.3) is 0 Å². The van der Waals surface area contributed by atoms with Gasteiger partial charge >= 0.3 is 0 Å². The lowest BCUT2D eigenvalue weighted by Crippen LogP contribution is -2.16. The zero-order chi connectivity index (χ0) is 10.6. The van der Waals surface area contributed by atoms with E-state index in [-0.39, 0.29) is 0 Å². The number of halogens is 1. The van der Waals surface area contributed by atoms with Crippen LogP contribution in [0.2, 0.25) is 0 Å². The van der Waals surface area contributed by atoms with Gasteiger partial charge in [0.1, 0.15) is 0 Å². The molecule has 0 aromatic carbocycles. The van der Waals surface area contributed by atoms with Crippen LogP contribution < -0.4 is 5.73 Å². The van der Waals surface area contributed by atoms with Gasteiger partial charge in [-0.1, -0.05) is 13.8 Å². The molecule has 0 aliphatic rings. The summed E-state index contributed by atoms with van der Waals surface area (Å²) in [4.78, 5) is 0. The van der Waals surface area contributed by atoms with Crippen molar-refractivity contribution in [2.24, 2.45) is 11.7 Å². The molecule has 3 nitrogen and oxygen atoms in total. The van der Waals surface area contributed by atoms with Crippen LogP contribution in [0.15, 0.2) is 10.7 Å². The van der Waals surface area contributed by atoms with E-state index < -0.39 is 0 Å². The topological polar surface area (TPSA) is 43.8 Å². The second-order valence-electron chi connectivity index (χ2n) is 3.71. The fourth-order valence-electron chi connectivity index (χ4n) is 1.41. The molecule has 0 aliphatic heterocycles. The van der Waals surface area contributed by atoms with E-state index in [2.05, 4.69) is 39.6 Å². The summed E-state index contributed by atoms with van der Waals surface area (Å²) in [6.45, 7) is 6.03. The van der Waals surface area contributed by atoms with Crippen molar-refractivity contribution >= 4 is 15.9 Å². The average molecular weight is 260 g/mol. The van der Waals surface area contributed by atoms with Crippen molar-refractivity contribution in [2.45, 2.75) is 33.2 Å². The van der Waals surface area contributed by atoms with Crippen LogP contribution in [0.3, 0.4) is 0 Å². The molecule has 0 bridgehead atoms. The molecule has 1 aromatic rings. The van der Waals surface area contributed by atoms with Gasteiger partial charge in [0.25, 0.3) is 0 Å². The van der Waals surface area contributed by atoms with E-state index in [1.54, 1.807) is 0 Å². The Morgan fingerprint density at radius 1 is 1.64 bits per heavy atom. The molecule has 1 aromatic heterocycles. The highest BCUT2D eigenvalue weighted by Gasteiger charge is 2.11. The van der Waals surface area contributed by atoms with Gasteiger partial charge in [-0.05, 0) is 41.2 Å². The van der Waals surface area contributed by atoms with Gasteiger partial charge in [-0.3, -0.25) is 4.68 Å². The lowest BCUT2D eigenvalue weighted by Gasteiger charge is -2.11. The second-order valence-corrected chi connectivity index (χ2v) is 4.56. The third-order valence-corrected chi connectivity index (χ3v) is 2.94. The first kappa shape index (κ1) is 11.7. The van der Waals surface area contributed by atoms with Gasteiger partial charge in [0.2, 0.25) is 0 Å². The summed E-state index contributed by atoms with van der Waals surface area (Å²) in [7, 11) is 0. The first-order chi connectivity index (χ1) is 6.69. The molecular formula is C10H18BrN3. The van der Waals surface area contributed by atoms with Crippen LogP contribution in [0.4, 0.5) is 0 Å². The van der Waals surface area contributed by atoms with Crippen molar-refractivity contribution in [3.05, 3.63) is 16.4 Å². The fourth-order valence-corrected chi connectivity index (χ4v) is 1.87. The van der Waals surface area contributed by atoms with Crippen molar-refractivity contribution in [3.8, 4) is 0 Å². The summed E-state index contributed by atoms with van der Waals surface area (Å²) < 4.78 is 3.17. The van der Waals surface area contributed by atoms with Gasteiger partial charge in [0.05, 0.1) is 16.4 Å². The predicted molar refractivity (Wildman–Crippen MR) is 62.1 cm³/mol. The number of hydrogen-bond donors (Lipinski definition) is 1. The minimum Gasteiger partial charge on any atom is -0.330 e. The maximum Gasteiger partial charge on any atom is 0.0635 e. The van der Waals surface area contributed by atoms with Crippen LogP contribution in [0, 0.1) is 5.92 Å². The lowest BCUT2D eigenvalue weighted by atomic mass is 10.1. The van der Waals surface area contributed by atoms with Crippen LogP contribution in [0.5, 0.6) is 0 Å². The van der Waals surface area contributed by atoms with Gasteiger partial charge < -0.3 is 5.73 Å². The van der Waals surface area contributed by atoms with Gasteiger partial charge in [0, 0.05) is 6.54 Å². The highest BCUT2D eigenvalue weighted by Crippen LogP contribution is 2.19. The van der Waals surface area contributed by atoms with E-state index >= 15 is 0 Å². The molecule has 1 atom stereocenters. The zero-order valence-electron chi connectivity index (χ0n) is 8.83. The van der Waals surface area contributed by atoms with E-state index in [4.69, 9.17) is 5.73 Å². The number of nitrogens with zero attached hydrogens (tertiary/aromatic N) is 2. The molecule has 4 heteroatoms. The molecule has 0 aliphatic carbocycles. The van der Waals surface area contributed by atoms with E-state index in [9.17, 15) is 0 Å². The van der Waals surface area contributed by atoms with Crippen LogP contribution >= 0.6 is 15.9 Å². The van der Waals surface area contributed by atoms with Gasteiger partial charge in [0.15, 0.2) is 0 Å². The Balaban J connectivity index is 2.76. The molecular weight excluding hydrogens is 242 g/mol. The summed E-state index contributed by atoms with van der Waals surface area (Å²) in [6, 6.07) is 0. The summed E-state index contributed by atoms with van der Waals surface area (Å²) in [5.41, 5.74) is 6.89. The Bertz CT molecular complexity index is 283. The third-order valence-electron chi connectivity index (χ3n) is 2.28. The zero-order valence-corrected chi connectivity index (χ0v) is 10.4. The summed E-state index contributed by atoms with van der Waals surface area (Å²) in [5.74, 6) is 0.513. The highest BCUT2D eigenvalue weighted by atomic mass is 79.9. The lowest BCUT2D eigenvalue weighted by molar-refractivity contribution is 0.519. The van der Waals surface area contributed by atoms with Crippen molar-refractivity contribution in [3.63, 3.8) is 0 Å². The van der Waals surface area contributed by atoms with Crippen molar-refractivity contribution in [1.82, 2.24) is 9.78 Å². The van der Waals surface area contributed by atoms with Crippen LogP contribution in [0.1, 0.15) is 26.0 Å². The van der Waals surface area contributed by atoms with Crippen LogP contribution in [-0.2, 0) is 13.0 Å². The largest absolute Gasteiger partial charge is 0.330 e. The Morgan fingerprint density at radius 2 is 2.36 bits per heavy atom. The monoisotopic (exact) mass is 259 g/mol. The minimum atomic E-state index is 0.513. The van der Waals surface area contributed by atoms with Gasteiger partial charge in [-0.2, -0.15) is 5.10 Å². The van der Waals surface area contributed by atoms with Gasteiger partial charge in [-0.15, -0.1) is 0 Å². The fraction of sp³-hybridized carbons (Fsp3) is 0.700. The number of aromatic nitrogens is 2. The standard InChI is InChI=1S/C10H18BrN3/c1-3-4-14-10(5-8(2)6-12)9(11)7-13-14/h7-8H,3-6,12H2,1-2H3. The number of hydrogen-bond acceptors (Lipinski definition) is 2. The molecule has 2 N–H and O–H groups in total. The van der Waals surface area contributed by atoms with E-state index in [0.29, 0.717) is 5.92 Å². The first-order valence-corrected chi connectivity index (χ1v) is 5.88. The predicted octanol–water partition coefficient (Wildman–Crippen LogP) is 2.19. The molecule has 0 amide bonds. The smallest absolute Gasteiger partial charge is 0.0635 e. The van der Waals surface area contributed by atoms with Crippen molar-refractivity contribution in [2.75, 3.05) is 6.54 Å². The molecule has 80 valence electrons. The van der Waals surface area contributed by atoms with E-state index in [0.717, 1.165) is 30.4 Å². The molecule has 1 heterocycles. The quantitative estimate of drug-likeness (QED) is 0.881. The number of nitrogens with two attached hydrogens (primary N) is 1. The molecule has 0 spiro atoms. The highest BCUT2D eigenvalue weighted by molar-refractivity contribution is 9.10. The Morgan fingerprint density at radius 3 is 2.93 bits per heavy atom. The van der Waals surface area contributed by atoms with Crippen molar-refractivity contribution < 1.29 is 0 Å². The first-order valence-electron chi connectivity index (χ1n) is 5.09.